The zero-order chi connectivity index (χ0) is 14.1. The molecule has 0 N–H and O–H groups in total. The van der Waals surface area contributed by atoms with Crippen molar-refractivity contribution >= 4 is 17.6 Å². The quantitative estimate of drug-likeness (QED) is 0.572. The van der Waals surface area contributed by atoms with Crippen molar-refractivity contribution in [3.63, 3.8) is 0 Å². The molecule has 0 unspecified atom stereocenters. The first-order chi connectivity index (χ1) is 7.99. The van der Waals surface area contributed by atoms with Crippen molar-refractivity contribution in [2.24, 2.45) is 0 Å². The lowest BCUT2D eigenvalue weighted by atomic mass is 9.91. The molecule has 0 radical (unpaired) electrons. The number of hydrogen-bond donors (Lipinski definition) is 0. The van der Waals surface area contributed by atoms with Crippen molar-refractivity contribution in [3.05, 3.63) is 28.5 Å². The van der Waals surface area contributed by atoms with E-state index in [2.05, 4.69) is 4.98 Å². The number of esters is 1. The fourth-order valence-corrected chi connectivity index (χ4v) is 1.54. The number of rotatable bonds is 1. The summed E-state index contributed by atoms with van der Waals surface area (Å²) in [5.74, 6) is -0.377. The first-order valence-electron chi connectivity index (χ1n) is 5.90. The van der Waals surface area contributed by atoms with Crippen molar-refractivity contribution in [1.82, 2.24) is 4.98 Å². The summed E-state index contributed by atoms with van der Waals surface area (Å²) in [6.07, 6.45) is 0. The number of carbonyl (C=O) groups is 1. The zero-order valence-corrected chi connectivity index (χ0v) is 12.6. The fraction of sp³-hybridized carbons (Fsp3) is 0.571. The summed E-state index contributed by atoms with van der Waals surface area (Å²) in [4.78, 5) is 16.2. The van der Waals surface area contributed by atoms with Gasteiger partial charge in [-0.3, -0.25) is 0 Å². The topological polar surface area (TPSA) is 39.2 Å². The predicted molar refractivity (Wildman–Crippen MR) is 73.1 cm³/mol. The van der Waals surface area contributed by atoms with Crippen LogP contribution in [0.5, 0.6) is 0 Å². The SMILES string of the molecule is CC(C)(C)OC(=O)c1cc(Cl)nc(C(C)(C)C)c1. The van der Waals surface area contributed by atoms with Gasteiger partial charge in [0.05, 0.1) is 5.56 Å². The van der Waals surface area contributed by atoms with Gasteiger partial charge in [-0.05, 0) is 32.9 Å². The van der Waals surface area contributed by atoms with Gasteiger partial charge in [-0.15, -0.1) is 0 Å². The van der Waals surface area contributed by atoms with E-state index in [0.717, 1.165) is 5.69 Å². The molecule has 0 aliphatic rings. The summed E-state index contributed by atoms with van der Waals surface area (Å²) in [6.45, 7) is 11.6. The second kappa shape index (κ2) is 4.88. The number of halogens is 1. The Hall–Kier alpha value is -1.09. The molecule has 4 heteroatoms. The largest absolute Gasteiger partial charge is 0.456 e. The summed E-state index contributed by atoms with van der Waals surface area (Å²) in [7, 11) is 0. The molecule has 1 heterocycles. The van der Waals surface area contributed by atoms with Crippen LogP contribution in [0.15, 0.2) is 12.1 Å². The maximum absolute atomic E-state index is 12.0. The van der Waals surface area contributed by atoms with Crippen LogP contribution < -0.4 is 0 Å². The van der Waals surface area contributed by atoms with Gasteiger partial charge in [0, 0.05) is 11.1 Å². The van der Waals surface area contributed by atoms with Gasteiger partial charge in [-0.2, -0.15) is 0 Å². The molecule has 3 nitrogen and oxygen atoms in total. The fourth-order valence-electron chi connectivity index (χ4n) is 1.34. The highest BCUT2D eigenvalue weighted by atomic mass is 35.5. The van der Waals surface area contributed by atoms with Crippen molar-refractivity contribution in [1.29, 1.82) is 0 Å². The van der Waals surface area contributed by atoms with Gasteiger partial charge in [0.1, 0.15) is 10.8 Å². The lowest BCUT2D eigenvalue weighted by molar-refractivity contribution is 0.00692. The van der Waals surface area contributed by atoms with Crippen molar-refractivity contribution < 1.29 is 9.53 Å². The average molecular weight is 270 g/mol. The van der Waals surface area contributed by atoms with E-state index < -0.39 is 5.60 Å². The standard InChI is InChI=1S/C14H20ClNO2/c1-13(2,3)10-7-9(8-11(15)16-10)12(17)18-14(4,5)6/h7-8H,1-6H3. The van der Waals surface area contributed by atoms with Crippen LogP contribution in [-0.2, 0) is 10.2 Å². The molecule has 1 aromatic rings. The van der Waals surface area contributed by atoms with E-state index in [0.29, 0.717) is 10.7 Å². The normalized spacial score (nSPS) is 12.4. The minimum Gasteiger partial charge on any atom is -0.456 e. The number of pyridine rings is 1. The Kier molecular flexibility index (Phi) is 4.06. The van der Waals surface area contributed by atoms with E-state index in [1.165, 1.54) is 6.07 Å². The molecule has 0 aliphatic heterocycles. The number of carbonyl (C=O) groups excluding carboxylic acids is 1. The second-order valence-corrected chi connectivity index (χ2v) is 6.70. The summed E-state index contributed by atoms with van der Waals surface area (Å²) in [5, 5.41) is 0.309. The highest BCUT2D eigenvalue weighted by molar-refractivity contribution is 6.29. The molecule has 0 aliphatic carbocycles. The van der Waals surface area contributed by atoms with E-state index in [-0.39, 0.29) is 11.4 Å². The highest BCUT2D eigenvalue weighted by Gasteiger charge is 2.22. The first-order valence-corrected chi connectivity index (χ1v) is 6.28. The Morgan fingerprint density at radius 2 is 1.72 bits per heavy atom. The number of ether oxygens (including phenoxy) is 1. The van der Waals surface area contributed by atoms with E-state index in [4.69, 9.17) is 16.3 Å². The number of hydrogen-bond acceptors (Lipinski definition) is 3. The summed E-state index contributed by atoms with van der Waals surface area (Å²) < 4.78 is 5.32. The van der Waals surface area contributed by atoms with Crippen LogP contribution >= 0.6 is 11.6 Å². The van der Waals surface area contributed by atoms with Crippen LogP contribution in [0.25, 0.3) is 0 Å². The van der Waals surface area contributed by atoms with Gasteiger partial charge >= 0.3 is 5.97 Å². The summed E-state index contributed by atoms with van der Waals surface area (Å²) in [5.41, 5.74) is 0.529. The molecule has 0 saturated carbocycles. The molecule has 0 spiro atoms. The monoisotopic (exact) mass is 269 g/mol. The molecule has 0 aromatic carbocycles. The van der Waals surface area contributed by atoms with Crippen LogP contribution in [-0.4, -0.2) is 16.6 Å². The third kappa shape index (κ3) is 4.30. The molecular formula is C14H20ClNO2. The smallest absolute Gasteiger partial charge is 0.338 e. The Morgan fingerprint density at radius 3 is 2.17 bits per heavy atom. The van der Waals surface area contributed by atoms with Gasteiger partial charge in [0.25, 0.3) is 0 Å². The van der Waals surface area contributed by atoms with Crippen LogP contribution in [0.3, 0.4) is 0 Å². The molecule has 0 bridgehead atoms. The molecule has 1 rings (SSSR count). The molecule has 18 heavy (non-hydrogen) atoms. The van der Waals surface area contributed by atoms with Crippen molar-refractivity contribution in [2.75, 3.05) is 0 Å². The Balaban J connectivity index is 3.11. The molecule has 0 fully saturated rings. The average Bonchev–Trinajstić information content (AvgIpc) is 2.12. The van der Waals surface area contributed by atoms with Crippen LogP contribution in [0.1, 0.15) is 57.6 Å². The Labute approximate surface area is 114 Å². The van der Waals surface area contributed by atoms with Gasteiger partial charge in [-0.25, -0.2) is 9.78 Å². The lowest BCUT2D eigenvalue weighted by Gasteiger charge is -2.21. The molecule has 0 atom stereocenters. The maximum atomic E-state index is 12.0. The summed E-state index contributed by atoms with van der Waals surface area (Å²) >= 11 is 5.95. The Bertz CT molecular complexity index is 456. The van der Waals surface area contributed by atoms with E-state index in [1.54, 1.807) is 6.07 Å². The van der Waals surface area contributed by atoms with E-state index in [9.17, 15) is 4.79 Å². The molecule has 1 aromatic heterocycles. The molecule has 0 saturated heterocycles. The molecular weight excluding hydrogens is 250 g/mol. The van der Waals surface area contributed by atoms with Crippen LogP contribution in [0.4, 0.5) is 0 Å². The van der Waals surface area contributed by atoms with Crippen LogP contribution in [0, 0.1) is 0 Å². The minimum absolute atomic E-state index is 0.165. The lowest BCUT2D eigenvalue weighted by Crippen LogP contribution is -2.24. The number of nitrogens with zero attached hydrogens (tertiary/aromatic N) is 1. The zero-order valence-electron chi connectivity index (χ0n) is 11.8. The van der Waals surface area contributed by atoms with Gasteiger partial charge < -0.3 is 4.74 Å². The number of aromatic nitrogens is 1. The molecule has 0 amide bonds. The van der Waals surface area contributed by atoms with E-state index >= 15 is 0 Å². The van der Waals surface area contributed by atoms with Crippen LogP contribution in [0.2, 0.25) is 5.15 Å². The summed E-state index contributed by atoms with van der Waals surface area (Å²) in [6, 6.07) is 3.27. The Morgan fingerprint density at radius 1 is 1.17 bits per heavy atom. The minimum atomic E-state index is -0.519. The third-order valence-electron chi connectivity index (χ3n) is 2.20. The van der Waals surface area contributed by atoms with Gasteiger partial charge in [0.15, 0.2) is 0 Å². The van der Waals surface area contributed by atoms with Crippen molar-refractivity contribution in [2.45, 2.75) is 52.6 Å². The molecule has 100 valence electrons. The first kappa shape index (κ1) is 15.0. The highest BCUT2D eigenvalue weighted by Crippen LogP contribution is 2.24. The third-order valence-corrected chi connectivity index (χ3v) is 2.39. The van der Waals surface area contributed by atoms with E-state index in [1.807, 2.05) is 41.5 Å². The van der Waals surface area contributed by atoms with Gasteiger partial charge in [0.2, 0.25) is 0 Å². The van der Waals surface area contributed by atoms with Gasteiger partial charge in [-0.1, -0.05) is 32.4 Å². The van der Waals surface area contributed by atoms with Crippen molar-refractivity contribution in [3.8, 4) is 0 Å². The maximum Gasteiger partial charge on any atom is 0.338 e. The predicted octanol–water partition coefficient (Wildman–Crippen LogP) is 3.99. The second-order valence-electron chi connectivity index (χ2n) is 6.32.